The smallest absolute Gasteiger partial charge is 0.301 e. The van der Waals surface area contributed by atoms with Gasteiger partial charge in [-0.05, 0) is 79.1 Å². The molecule has 5 aromatic rings. The number of hydrogen-bond donors (Lipinski definition) is 1. The van der Waals surface area contributed by atoms with Crippen LogP contribution < -0.4 is 19.1 Å². The molecule has 1 saturated heterocycles. The van der Waals surface area contributed by atoms with E-state index in [4.69, 9.17) is 19.2 Å². The Hall–Kier alpha value is -5.15. The van der Waals surface area contributed by atoms with Crippen molar-refractivity contribution in [1.82, 2.24) is 4.98 Å². The van der Waals surface area contributed by atoms with Crippen molar-refractivity contribution in [1.29, 1.82) is 0 Å². The van der Waals surface area contributed by atoms with Crippen molar-refractivity contribution in [3.05, 3.63) is 119 Å². The quantitative estimate of drug-likeness (QED) is 0.111. The number of aliphatic hydroxyl groups is 1. The lowest BCUT2D eigenvalue weighted by Gasteiger charge is -2.23. The van der Waals surface area contributed by atoms with Crippen molar-refractivity contribution in [2.45, 2.75) is 39.0 Å². The maximum absolute atomic E-state index is 13.8. The number of nitrogens with zero attached hydrogens (tertiary/aromatic N) is 2. The summed E-state index contributed by atoms with van der Waals surface area (Å²) in [5, 5.41) is 12.1. The second-order valence-corrected chi connectivity index (χ2v) is 12.0. The van der Waals surface area contributed by atoms with E-state index in [0.717, 1.165) is 21.6 Å². The summed E-state index contributed by atoms with van der Waals surface area (Å²) in [6, 6.07) is 27.0. The van der Waals surface area contributed by atoms with Crippen LogP contribution in [0.15, 0.2) is 96.6 Å². The summed E-state index contributed by atoms with van der Waals surface area (Å²) in [6.45, 7) is 4.75. The van der Waals surface area contributed by atoms with Gasteiger partial charge in [-0.25, -0.2) is 4.98 Å². The van der Waals surface area contributed by atoms with Gasteiger partial charge in [0, 0.05) is 12.0 Å². The summed E-state index contributed by atoms with van der Waals surface area (Å²) in [4.78, 5) is 33.8. The zero-order valence-corrected chi connectivity index (χ0v) is 25.5. The number of ketones is 1. The fourth-order valence-electron chi connectivity index (χ4n) is 5.84. The predicted octanol–water partition coefficient (Wildman–Crippen LogP) is 7.22. The molecule has 0 unspecified atom stereocenters. The van der Waals surface area contributed by atoms with Crippen LogP contribution in [0.1, 0.15) is 42.1 Å². The first kappa shape index (κ1) is 28.6. The molecule has 0 saturated carbocycles. The first-order valence-electron chi connectivity index (χ1n) is 14.8. The Bertz CT molecular complexity index is 1970. The van der Waals surface area contributed by atoms with E-state index in [1.165, 1.54) is 16.2 Å². The van der Waals surface area contributed by atoms with Crippen molar-refractivity contribution in [3.8, 4) is 17.2 Å². The van der Waals surface area contributed by atoms with Crippen molar-refractivity contribution < 1.29 is 28.9 Å². The van der Waals surface area contributed by atoms with E-state index < -0.39 is 17.7 Å². The van der Waals surface area contributed by atoms with Crippen LogP contribution >= 0.6 is 11.3 Å². The van der Waals surface area contributed by atoms with E-state index >= 15 is 0 Å². The highest BCUT2D eigenvalue weighted by molar-refractivity contribution is 7.22. The van der Waals surface area contributed by atoms with Gasteiger partial charge >= 0.3 is 5.91 Å². The zero-order chi connectivity index (χ0) is 31.1. The highest BCUT2D eigenvalue weighted by Gasteiger charge is 2.48. The predicted molar refractivity (Wildman–Crippen MR) is 173 cm³/mol. The maximum atomic E-state index is 13.8. The number of rotatable bonds is 8. The van der Waals surface area contributed by atoms with E-state index in [2.05, 4.69) is 0 Å². The van der Waals surface area contributed by atoms with Gasteiger partial charge in [0.2, 0.25) is 0 Å². The number of fused-ring (bicyclic) bond motifs is 2. The van der Waals surface area contributed by atoms with Gasteiger partial charge in [-0.15, -0.1) is 0 Å². The van der Waals surface area contributed by atoms with E-state index in [-0.39, 0.29) is 17.4 Å². The molecule has 0 bridgehead atoms. The van der Waals surface area contributed by atoms with E-state index in [1.807, 2.05) is 86.6 Å². The summed E-state index contributed by atoms with van der Waals surface area (Å²) < 4.78 is 18.4. The number of aromatic nitrogens is 1. The molecule has 2 aliphatic rings. The Morgan fingerprint density at radius 1 is 0.978 bits per heavy atom. The third-order valence-electron chi connectivity index (χ3n) is 7.90. The van der Waals surface area contributed by atoms with E-state index in [0.29, 0.717) is 52.9 Å². The minimum absolute atomic E-state index is 0.0126. The first-order chi connectivity index (χ1) is 21.9. The summed E-state index contributed by atoms with van der Waals surface area (Å²) >= 11 is 1.29. The van der Waals surface area contributed by atoms with Gasteiger partial charge in [0.25, 0.3) is 5.78 Å². The highest BCUT2D eigenvalue weighted by atomic mass is 32.1. The molecule has 45 heavy (non-hydrogen) atoms. The van der Waals surface area contributed by atoms with Crippen LogP contribution in [0.4, 0.5) is 5.13 Å². The number of Topliss-reactive ketones (excluding diaryl/α,β-unsaturated/α-hetero) is 1. The summed E-state index contributed by atoms with van der Waals surface area (Å²) in [5.41, 5.74) is 3.65. The molecule has 1 N–H and O–H groups in total. The molecule has 2 aliphatic heterocycles. The topological polar surface area (TPSA) is 98.2 Å². The lowest BCUT2D eigenvalue weighted by atomic mass is 9.94. The van der Waals surface area contributed by atoms with Gasteiger partial charge in [0.15, 0.2) is 5.13 Å². The van der Waals surface area contributed by atoms with Crippen LogP contribution in [-0.2, 0) is 22.6 Å². The molecule has 0 aliphatic carbocycles. The largest absolute Gasteiger partial charge is 0.507 e. The van der Waals surface area contributed by atoms with Gasteiger partial charge in [0.1, 0.15) is 35.7 Å². The SMILES string of the molecule is CCOc1ccc2nc(N3C(=O)C(=O)/C(=C(/O)c4ccc5c(c4)C[C@H](C)O5)[C@H]3c3cccc(OCc4ccccc4)c3)sc2c1. The number of ether oxygens (including phenoxy) is 3. The number of benzene rings is 4. The molecule has 226 valence electrons. The van der Waals surface area contributed by atoms with Crippen LogP contribution in [0.25, 0.3) is 16.0 Å². The third kappa shape index (κ3) is 5.40. The fourth-order valence-corrected chi connectivity index (χ4v) is 6.86. The molecule has 9 heteroatoms. The van der Waals surface area contributed by atoms with Crippen LogP contribution in [-0.4, -0.2) is 34.5 Å². The Morgan fingerprint density at radius 3 is 2.62 bits per heavy atom. The average Bonchev–Trinajstić information content (AvgIpc) is 3.72. The molecular weight excluding hydrogens is 588 g/mol. The molecule has 4 aromatic carbocycles. The van der Waals surface area contributed by atoms with Crippen LogP contribution in [0, 0.1) is 0 Å². The Balaban J connectivity index is 1.34. The minimum atomic E-state index is -0.944. The second-order valence-electron chi connectivity index (χ2n) is 11.0. The van der Waals surface area contributed by atoms with E-state index in [9.17, 15) is 14.7 Å². The number of anilines is 1. The van der Waals surface area contributed by atoms with Crippen molar-refractivity contribution in [3.63, 3.8) is 0 Å². The highest BCUT2D eigenvalue weighted by Crippen LogP contribution is 2.45. The lowest BCUT2D eigenvalue weighted by Crippen LogP contribution is -2.29. The Kier molecular flexibility index (Phi) is 7.47. The van der Waals surface area contributed by atoms with Gasteiger partial charge < -0.3 is 19.3 Å². The molecule has 2 atom stereocenters. The Morgan fingerprint density at radius 2 is 1.80 bits per heavy atom. The van der Waals surface area contributed by atoms with Crippen molar-refractivity contribution in [2.75, 3.05) is 11.5 Å². The molecular formula is C36H30N2O6S. The number of carbonyl (C=O) groups is 2. The standard InChI is InChI=1S/C36H30N2O6S/c1-3-42-27-13-14-28-30(19-27)45-36(37-28)38-32(23-10-7-11-26(18-23)43-20-22-8-5-4-6-9-22)31(34(40)35(38)41)33(39)24-12-15-29-25(17-24)16-21(2)44-29/h4-15,17-19,21,32,39H,3,16,20H2,1-2H3/b33-31+/t21-,32+/m0/s1. The molecule has 8 nitrogen and oxygen atoms in total. The fraction of sp³-hybridized carbons (Fsp3) is 0.194. The van der Waals surface area contributed by atoms with Crippen LogP contribution in [0.3, 0.4) is 0 Å². The maximum Gasteiger partial charge on any atom is 0.301 e. The average molecular weight is 619 g/mol. The first-order valence-corrected chi connectivity index (χ1v) is 15.6. The van der Waals surface area contributed by atoms with Crippen LogP contribution in [0.2, 0.25) is 0 Å². The van der Waals surface area contributed by atoms with Crippen LogP contribution in [0.5, 0.6) is 17.2 Å². The molecule has 3 heterocycles. The molecule has 1 fully saturated rings. The van der Waals surface area contributed by atoms with Gasteiger partial charge in [0.05, 0.1) is 28.4 Å². The Labute approximate surface area is 264 Å². The van der Waals surface area contributed by atoms with Gasteiger partial charge in [-0.3, -0.25) is 14.5 Å². The molecule has 0 spiro atoms. The molecule has 0 radical (unpaired) electrons. The number of amides is 1. The van der Waals surface area contributed by atoms with Gasteiger partial charge in [-0.1, -0.05) is 53.8 Å². The molecule has 7 rings (SSSR count). The van der Waals surface area contributed by atoms with Crippen molar-refractivity contribution >= 4 is 44.1 Å². The zero-order valence-electron chi connectivity index (χ0n) is 24.7. The number of thiazole rings is 1. The minimum Gasteiger partial charge on any atom is -0.507 e. The van der Waals surface area contributed by atoms with Crippen molar-refractivity contribution in [2.24, 2.45) is 0 Å². The summed E-state index contributed by atoms with van der Waals surface area (Å²) in [7, 11) is 0. The molecule has 1 aromatic heterocycles. The summed E-state index contributed by atoms with van der Waals surface area (Å²) in [5.74, 6) is 0.207. The normalized spacial score (nSPS) is 18.7. The number of aliphatic hydroxyl groups excluding tert-OH is 1. The molecule has 1 amide bonds. The van der Waals surface area contributed by atoms with E-state index in [1.54, 1.807) is 18.2 Å². The number of carbonyl (C=O) groups excluding carboxylic acids is 2. The second kappa shape index (κ2) is 11.7. The lowest BCUT2D eigenvalue weighted by molar-refractivity contribution is -0.132. The monoisotopic (exact) mass is 618 g/mol. The summed E-state index contributed by atoms with van der Waals surface area (Å²) in [6.07, 6.45) is 0.702. The number of hydrogen-bond acceptors (Lipinski definition) is 8. The van der Waals surface area contributed by atoms with Gasteiger partial charge in [-0.2, -0.15) is 0 Å². The third-order valence-corrected chi connectivity index (χ3v) is 8.92.